The zero-order chi connectivity index (χ0) is 17.3. The second-order valence-electron chi connectivity index (χ2n) is 4.98. The number of halogens is 1. The van der Waals surface area contributed by atoms with Crippen LogP contribution >= 0.6 is 22.9 Å². The second kappa shape index (κ2) is 6.58. The van der Waals surface area contributed by atoms with Crippen molar-refractivity contribution in [2.24, 2.45) is 4.40 Å². The molecule has 0 aliphatic heterocycles. The number of nitrogens with zero attached hydrogens (tertiary/aromatic N) is 2. The third kappa shape index (κ3) is 3.19. The maximum atomic E-state index is 12.5. The van der Waals surface area contributed by atoms with Gasteiger partial charge in [-0.05, 0) is 49.4 Å². The smallest absolute Gasteiger partial charge is 0.285 e. The molecule has 0 radical (unpaired) electrons. The van der Waals surface area contributed by atoms with Gasteiger partial charge in [-0.25, -0.2) is 0 Å². The van der Waals surface area contributed by atoms with Crippen LogP contribution < -0.4 is 9.54 Å². The predicted molar refractivity (Wildman–Crippen MR) is 96.2 cm³/mol. The summed E-state index contributed by atoms with van der Waals surface area (Å²) in [5, 5.41) is 0.478. The Bertz CT molecular complexity index is 1050. The van der Waals surface area contributed by atoms with Crippen molar-refractivity contribution in [3.05, 3.63) is 52.3 Å². The molecule has 0 N–H and O–H groups in total. The van der Waals surface area contributed by atoms with Gasteiger partial charge in [-0.1, -0.05) is 22.9 Å². The fraction of sp³-hybridized carbons (Fsp3) is 0.188. The zero-order valence-corrected chi connectivity index (χ0v) is 15.5. The number of ether oxygens (including phenoxy) is 1. The first kappa shape index (κ1) is 17.0. The Hall–Kier alpha value is -1.83. The van der Waals surface area contributed by atoms with Gasteiger partial charge in [0.1, 0.15) is 5.75 Å². The number of thiazole rings is 1. The Labute approximate surface area is 148 Å². The van der Waals surface area contributed by atoms with Crippen LogP contribution in [0.1, 0.15) is 6.92 Å². The molecule has 0 aliphatic carbocycles. The average Bonchev–Trinajstić information content (AvgIpc) is 2.90. The van der Waals surface area contributed by atoms with Gasteiger partial charge in [0.25, 0.3) is 10.0 Å². The summed E-state index contributed by atoms with van der Waals surface area (Å²) < 4.78 is 37.1. The first-order chi connectivity index (χ1) is 11.4. The molecule has 3 aromatic rings. The minimum absolute atomic E-state index is 0.115. The third-order valence-electron chi connectivity index (χ3n) is 3.52. The van der Waals surface area contributed by atoms with E-state index in [-0.39, 0.29) is 4.90 Å². The SMILES string of the molecule is CCn1c(=NS(=O)(=O)c2ccc(Cl)cc2)sc2cc(OC)ccc21. The summed E-state index contributed by atoms with van der Waals surface area (Å²) in [5.74, 6) is 0.721. The number of hydrogen-bond acceptors (Lipinski definition) is 4. The van der Waals surface area contributed by atoms with Gasteiger partial charge in [-0.15, -0.1) is 4.40 Å². The number of benzene rings is 2. The molecular weight excluding hydrogens is 368 g/mol. The summed E-state index contributed by atoms with van der Waals surface area (Å²) in [6.45, 7) is 2.56. The number of rotatable bonds is 4. The van der Waals surface area contributed by atoms with Crippen LogP contribution in [0, 0.1) is 0 Å². The lowest BCUT2D eigenvalue weighted by Crippen LogP contribution is -2.16. The van der Waals surface area contributed by atoms with Crippen molar-refractivity contribution in [1.29, 1.82) is 0 Å². The van der Waals surface area contributed by atoms with Crippen molar-refractivity contribution in [2.45, 2.75) is 18.4 Å². The average molecular weight is 383 g/mol. The highest BCUT2D eigenvalue weighted by Gasteiger charge is 2.14. The van der Waals surface area contributed by atoms with Crippen LogP contribution in [0.3, 0.4) is 0 Å². The third-order valence-corrected chi connectivity index (χ3v) is 6.21. The minimum Gasteiger partial charge on any atom is -0.497 e. The molecule has 1 aromatic heterocycles. The molecule has 0 unspecified atom stereocenters. The molecule has 1 heterocycles. The van der Waals surface area contributed by atoms with Gasteiger partial charge in [-0.2, -0.15) is 8.42 Å². The van der Waals surface area contributed by atoms with Gasteiger partial charge in [0, 0.05) is 11.6 Å². The Morgan fingerprint density at radius 3 is 2.54 bits per heavy atom. The summed E-state index contributed by atoms with van der Waals surface area (Å²) in [7, 11) is -2.21. The molecule has 8 heteroatoms. The second-order valence-corrected chi connectivity index (χ2v) is 8.03. The minimum atomic E-state index is -3.80. The Balaban J connectivity index is 2.20. The molecule has 0 amide bonds. The number of methoxy groups -OCH3 is 1. The van der Waals surface area contributed by atoms with E-state index in [1.807, 2.05) is 29.7 Å². The molecule has 0 atom stereocenters. The van der Waals surface area contributed by atoms with Gasteiger partial charge >= 0.3 is 0 Å². The monoisotopic (exact) mass is 382 g/mol. The molecule has 0 saturated carbocycles. The number of fused-ring (bicyclic) bond motifs is 1. The first-order valence-electron chi connectivity index (χ1n) is 7.18. The van der Waals surface area contributed by atoms with Gasteiger partial charge in [0.2, 0.25) is 4.80 Å². The van der Waals surface area contributed by atoms with E-state index < -0.39 is 10.0 Å². The normalized spacial score (nSPS) is 12.7. The molecule has 3 rings (SSSR count). The standard InChI is InChI=1S/C16H15ClN2O3S2/c1-3-19-14-9-6-12(22-2)10-15(14)23-16(19)18-24(20,21)13-7-4-11(17)5-8-13/h4-10H,3H2,1-2H3. The van der Waals surface area contributed by atoms with Gasteiger partial charge in [-0.3, -0.25) is 0 Å². The summed E-state index contributed by atoms with van der Waals surface area (Å²) >= 11 is 7.13. The quantitative estimate of drug-likeness (QED) is 0.691. The summed E-state index contributed by atoms with van der Waals surface area (Å²) in [4.78, 5) is 0.542. The summed E-state index contributed by atoms with van der Waals surface area (Å²) in [6, 6.07) is 11.6. The number of aryl methyl sites for hydroxylation is 1. The van der Waals surface area contributed by atoms with Crippen molar-refractivity contribution < 1.29 is 13.2 Å². The van der Waals surface area contributed by atoms with E-state index in [9.17, 15) is 8.42 Å². The molecule has 0 fully saturated rings. The van der Waals surface area contributed by atoms with E-state index in [2.05, 4.69) is 4.40 Å². The lowest BCUT2D eigenvalue weighted by molar-refractivity contribution is 0.415. The van der Waals surface area contributed by atoms with E-state index in [1.54, 1.807) is 7.11 Å². The highest BCUT2D eigenvalue weighted by Crippen LogP contribution is 2.24. The Kier molecular flexibility index (Phi) is 4.67. The zero-order valence-electron chi connectivity index (χ0n) is 13.1. The van der Waals surface area contributed by atoms with Crippen molar-refractivity contribution in [3.8, 4) is 5.75 Å². The van der Waals surface area contributed by atoms with E-state index in [1.165, 1.54) is 35.6 Å². The van der Waals surface area contributed by atoms with Crippen molar-refractivity contribution in [2.75, 3.05) is 7.11 Å². The summed E-state index contributed by atoms with van der Waals surface area (Å²) in [6.07, 6.45) is 0. The number of hydrogen-bond donors (Lipinski definition) is 0. The summed E-state index contributed by atoms with van der Waals surface area (Å²) in [5.41, 5.74) is 0.924. The van der Waals surface area contributed by atoms with E-state index in [4.69, 9.17) is 16.3 Å². The van der Waals surface area contributed by atoms with Crippen molar-refractivity contribution >= 4 is 43.2 Å². The highest BCUT2D eigenvalue weighted by molar-refractivity contribution is 7.90. The molecular formula is C16H15ClN2O3S2. The van der Waals surface area contributed by atoms with Crippen LogP contribution in [0.25, 0.3) is 10.2 Å². The van der Waals surface area contributed by atoms with E-state index >= 15 is 0 Å². The lowest BCUT2D eigenvalue weighted by Gasteiger charge is -2.02. The van der Waals surface area contributed by atoms with E-state index in [0.29, 0.717) is 16.4 Å². The van der Waals surface area contributed by atoms with Crippen LogP contribution in [-0.2, 0) is 16.6 Å². The maximum absolute atomic E-state index is 12.5. The van der Waals surface area contributed by atoms with Crippen molar-refractivity contribution in [3.63, 3.8) is 0 Å². The van der Waals surface area contributed by atoms with E-state index in [0.717, 1.165) is 16.0 Å². The number of sulfonamides is 1. The van der Waals surface area contributed by atoms with Crippen molar-refractivity contribution in [1.82, 2.24) is 4.57 Å². The molecule has 0 bridgehead atoms. The van der Waals surface area contributed by atoms with Crippen LogP contribution in [0.4, 0.5) is 0 Å². The Morgan fingerprint density at radius 2 is 1.92 bits per heavy atom. The molecule has 126 valence electrons. The van der Waals surface area contributed by atoms with Crippen LogP contribution in [0.5, 0.6) is 5.75 Å². The lowest BCUT2D eigenvalue weighted by atomic mass is 10.3. The number of aromatic nitrogens is 1. The van der Waals surface area contributed by atoms with Crippen LogP contribution in [0.2, 0.25) is 5.02 Å². The van der Waals surface area contributed by atoms with Gasteiger partial charge in [0.05, 0.1) is 22.2 Å². The molecule has 5 nitrogen and oxygen atoms in total. The molecule has 0 aliphatic rings. The van der Waals surface area contributed by atoms with Gasteiger partial charge < -0.3 is 9.30 Å². The topological polar surface area (TPSA) is 60.7 Å². The van der Waals surface area contributed by atoms with Crippen LogP contribution in [-0.4, -0.2) is 20.1 Å². The van der Waals surface area contributed by atoms with Gasteiger partial charge in [0.15, 0.2) is 0 Å². The maximum Gasteiger partial charge on any atom is 0.285 e. The highest BCUT2D eigenvalue weighted by atomic mass is 35.5. The molecule has 2 aromatic carbocycles. The van der Waals surface area contributed by atoms with Crippen LogP contribution in [0.15, 0.2) is 51.8 Å². The fourth-order valence-electron chi connectivity index (χ4n) is 2.32. The fourth-order valence-corrected chi connectivity index (χ4v) is 4.77. The Morgan fingerprint density at radius 1 is 1.21 bits per heavy atom. The predicted octanol–water partition coefficient (Wildman–Crippen LogP) is 3.67. The first-order valence-corrected chi connectivity index (χ1v) is 9.82. The molecule has 0 spiro atoms. The molecule has 24 heavy (non-hydrogen) atoms. The molecule has 0 saturated heterocycles. The largest absolute Gasteiger partial charge is 0.497 e.